The summed E-state index contributed by atoms with van der Waals surface area (Å²) in [6.45, 7) is 13.5. The first-order chi connectivity index (χ1) is 45.8. The number of furan rings is 1. The molecular formula is C89H74N2O2. The minimum absolute atomic E-state index is 0.0624. The monoisotopic (exact) mass is 1200 g/mol. The number of anilines is 6. The third kappa shape index (κ3) is 8.03. The number of allylic oxidation sites excluding steroid dienone is 12. The average Bonchev–Trinajstić information content (AvgIpc) is 1.49. The molecule has 8 aliphatic rings. The maximum Gasteiger partial charge on any atom is 0.138 e. The summed E-state index contributed by atoms with van der Waals surface area (Å²) in [6.07, 6.45) is 35.4. The van der Waals surface area contributed by atoms with Gasteiger partial charge in [0.1, 0.15) is 23.4 Å². The summed E-state index contributed by atoms with van der Waals surface area (Å²) in [4.78, 5) is 5.18. The van der Waals surface area contributed by atoms with Crippen LogP contribution in [0.5, 0.6) is 5.75 Å². The van der Waals surface area contributed by atoms with Crippen molar-refractivity contribution < 1.29 is 9.15 Å². The number of benzene rings is 9. The van der Waals surface area contributed by atoms with Crippen LogP contribution in [0.3, 0.4) is 0 Å². The second kappa shape index (κ2) is 21.5. The summed E-state index contributed by atoms with van der Waals surface area (Å²) in [7, 11) is 0. The third-order valence-electron chi connectivity index (χ3n) is 22.5. The molecule has 6 unspecified atom stereocenters. The Morgan fingerprint density at radius 2 is 1.25 bits per heavy atom. The summed E-state index contributed by atoms with van der Waals surface area (Å²) in [6, 6.07) is 71.7. The Hall–Kier alpha value is -10.2. The molecule has 1 aliphatic heterocycles. The molecule has 1 saturated carbocycles. The molecule has 0 saturated heterocycles. The molecule has 0 N–H and O–H groups in total. The van der Waals surface area contributed by atoms with Gasteiger partial charge in [0.15, 0.2) is 0 Å². The molecule has 10 aromatic rings. The highest BCUT2D eigenvalue weighted by atomic mass is 16.5. The highest BCUT2D eigenvalue weighted by molar-refractivity contribution is 6.12. The van der Waals surface area contributed by atoms with E-state index in [1.54, 1.807) is 0 Å². The lowest BCUT2D eigenvalue weighted by Gasteiger charge is -2.41. The Morgan fingerprint density at radius 3 is 2.00 bits per heavy atom. The van der Waals surface area contributed by atoms with E-state index in [2.05, 4.69) is 305 Å². The van der Waals surface area contributed by atoms with Gasteiger partial charge in [0.25, 0.3) is 0 Å². The molecule has 1 fully saturated rings. The zero-order valence-electron chi connectivity index (χ0n) is 53.3. The number of rotatable bonds is 11. The molecule has 6 atom stereocenters. The number of para-hydroxylation sites is 5. The maximum absolute atomic E-state index is 7.15. The minimum atomic E-state index is -0.528. The van der Waals surface area contributed by atoms with Crippen molar-refractivity contribution in [2.45, 2.75) is 82.7 Å². The predicted octanol–water partition coefficient (Wildman–Crippen LogP) is 23.1. The van der Waals surface area contributed by atoms with Crippen LogP contribution in [0.4, 0.5) is 34.1 Å². The van der Waals surface area contributed by atoms with Gasteiger partial charge in [-0.15, -0.1) is 0 Å². The molecule has 7 aliphatic carbocycles. The largest absolute Gasteiger partial charge is 0.484 e. The molecule has 0 bridgehead atoms. The van der Waals surface area contributed by atoms with Crippen LogP contribution in [0, 0.1) is 23.7 Å². The lowest BCUT2D eigenvalue weighted by Crippen LogP contribution is -2.37. The number of nitrogens with zero attached hydrogens (tertiary/aromatic N) is 2. The highest BCUT2D eigenvalue weighted by Crippen LogP contribution is 2.72. The average molecular weight is 1200 g/mol. The van der Waals surface area contributed by atoms with Gasteiger partial charge in [0.2, 0.25) is 0 Å². The van der Waals surface area contributed by atoms with E-state index in [1.807, 2.05) is 6.08 Å². The van der Waals surface area contributed by atoms with Crippen LogP contribution in [0.1, 0.15) is 109 Å². The van der Waals surface area contributed by atoms with Crippen molar-refractivity contribution in [2.24, 2.45) is 23.7 Å². The Labute approximate surface area is 546 Å². The van der Waals surface area contributed by atoms with Gasteiger partial charge in [0.05, 0.1) is 17.1 Å². The number of hydrogen-bond acceptors (Lipinski definition) is 4. The van der Waals surface area contributed by atoms with E-state index in [4.69, 9.17) is 9.15 Å². The zero-order valence-corrected chi connectivity index (χ0v) is 53.3. The van der Waals surface area contributed by atoms with Gasteiger partial charge in [0, 0.05) is 79.2 Å². The van der Waals surface area contributed by atoms with Gasteiger partial charge in [-0.3, -0.25) is 0 Å². The molecule has 4 heteroatoms. The number of hydrogen-bond donors (Lipinski definition) is 0. The summed E-state index contributed by atoms with van der Waals surface area (Å²) in [5, 5.41) is 2.54. The van der Waals surface area contributed by atoms with Gasteiger partial charge in [-0.25, -0.2) is 0 Å². The first-order valence-electron chi connectivity index (χ1n) is 33.9. The second-order valence-electron chi connectivity index (χ2n) is 27.4. The van der Waals surface area contributed by atoms with Crippen molar-refractivity contribution in [1.82, 2.24) is 0 Å². The van der Waals surface area contributed by atoms with E-state index in [0.717, 1.165) is 100 Å². The SMILES string of the molecule is C=C/C=C\c1c(CC)oc2c1CCC=C2c1ccccc1N(c1ccccc1)c1cc2c(c3c1C(C)(C)c1ccc4ccccc4c1-3)-c1ccc(N(c3ccccc3)c3ccccc3-c3cccc4c3OC3C(C)=CCCC43)cc1C21C2C=CC=CC2C2C=CC=CC21. The fraction of sp³-hybridized carbons (Fsp3) is 0.191. The molecule has 1 aromatic heterocycles. The fourth-order valence-electron chi connectivity index (χ4n) is 18.7. The van der Waals surface area contributed by atoms with Crippen LogP contribution in [-0.2, 0) is 23.7 Å². The quantitative estimate of drug-likeness (QED) is 0.0953. The Bertz CT molecular complexity index is 4960. The van der Waals surface area contributed by atoms with Crippen LogP contribution in [0.15, 0.2) is 278 Å². The van der Waals surface area contributed by atoms with Crippen molar-refractivity contribution in [1.29, 1.82) is 0 Å². The van der Waals surface area contributed by atoms with Gasteiger partial charge in [-0.05, 0) is 172 Å². The minimum Gasteiger partial charge on any atom is -0.484 e. The number of ether oxygens (including phenoxy) is 1. The molecule has 4 nitrogen and oxygen atoms in total. The van der Waals surface area contributed by atoms with Crippen molar-refractivity contribution in [3.8, 4) is 39.1 Å². The van der Waals surface area contributed by atoms with Gasteiger partial charge in [-0.1, -0.05) is 240 Å². The first kappa shape index (κ1) is 55.7. The van der Waals surface area contributed by atoms with Crippen LogP contribution < -0.4 is 14.5 Å². The van der Waals surface area contributed by atoms with E-state index in [0.29, 0.717) is 5.92 Å². The predicted molar refractivity (Wildman–Crippen MR) is 386 cm³/mol. The van der Waals surface area contributed by atoms with E-state index in [1.165, 1.54) is 83.2 Å². The summed E-state index contributed by atoms with van der Waals surface area (Å²) < 4.78 is 14.2. The molecule has 2 heterocycles. The van der Waals surface area contributed by atoms with Gasteiger partial charge in [-0.2, -0.15) is 0 Å². The van der Waals surface area contributed by atoms with Crippen LogP contribution in [0.25, 0.3) is 55.8 Å². The van der Waals surface area contributed by atoms with E-state index in [9.17, 15) is 0 Å². The third-order valence-corrected chi connectivity index (χ3v) is 22.5. The fourth-order valence-corrected chi connectivity index (χ4v) is 18.7. The van der Waals surface area contributed by atoms with Gasteiger partial charge < -0.3 is 19.0 Å². The molecule has 1 spiro atoms. The molecule has 0 amide bonds. The van der Waals surface area contributed by atoms with Crippen molar-refractivity contribution in [3.63, 3.8) is 0 Å². The zero-order chi connectivity index (χ0) is 62.3. The van der Waals surface area contributed by atoms with Crippen LogP contribution in [0.2, 0.25) is 0 Å². The second-order valence-corrected chi connectivity index (χ2v) is 27.4. The van der Waals surface area contributed by atoms with Crippen molar-refractivity contribution in [2.75, 3.05) is 9.80 Å². The van der Waals surface area contributed by atoms with Crippen molar-refractivity contribution >= 4 is 56.5 Å². The number of fused-ring (bicyclic) bond motifs is 20. The lowest BCUT2D eigenvalue weighted by molar-refractivity contribution is 0.231. The summed E-state index contributed by atoms with van der Waals surface area (Å²) >= 11 is 0. The summed E-state index contributed by atoms with van der Waals surface area (Å²) in [5.74, 6) is 4.11. The molecule has 452 valence electrons. The smallest absolute Gasteiger partial charge is 0.138 e. The summed E-state index contributed by atoms with van der Waals surface area (Å²) in [5.41, 5.74) is 26.3. The molecule has 9 aromatic carbocycles. The Morgan fingerprint density at radius 1 is 0.570 bits per heavy atom. The standard InChI is InChI=1S/C89H74N2O2/c1-6-8-34-65-68-43-26-41-66(86(68)92-80(65)7-2)64-39-20-24-48-78(64)91(58-32-13-10-14-33-58)79-54-76-82(83-81-60-35-16-15-29-56(60)49-52-74(81)88(4,5)84(79)83)71-51-50-59(53-75(71)89(76)72-45-21-17-36-61(72)62-37-18-22-46-73(62)89)90(57-30-11-9-12-31-57)77-47-23-19-38-63(77)67-42-27-44-70-69-40-25-28-55(3)85(69)93-87(67)70/h6,8-24,27-39,41-42,44-54,61-62,69,72-73,85H,1,7,25-26,40,43H2,2-5H3/b34-8-. The van der Waals surface area contributed by atoms with Crippen LogP contribution >= 0.6 is 0 Å². The van der Waals surface area contributed by atoms with E-state index >= 15 is 0 Å². The highest BCUT2D eigenvalue weighted by Gasteiger charge is 2.64. The van der Waals surface area contributed by atoms with Gasteiger partial charge >= 0.3 is 0 Å². The Balaban J connectivity index is 0.929. The van der Waals surface area contributed by atoms with Crippen molar-refractivity contribution in [3.05, 3.63) is 329 Å². The number of aryl methyl sites for hydroxylation is 1. The molecule has 93 heavy (non-hydrogen) atoms. The van der Waals surface area contributed by atoms with E-state index < -0.39 is 10.8 Å². The first-order valence-corrected chi connectivity index (χ1v) is 33.9. The molecular weight excluding hydrogens is 1130 g/mol. The molecule has 18 rings (SSSR count). The normalized spacial score (nSPS) is 22.5. The van der Waals surface area contributed by atoms with E-state index in [-0.39, 0.29) is 29.8 Å². The molecule has 0 radical (unpaired) electrons. The lowest BCUT2D eigenvalue weighted by atomic mass is 9.62. The van der Waals surface area contributed by atoms with Crippen LogP contribution in [-0.4, -0.2) is 6.10 Å². The Kier molecular flexibility index (Phi) is 12.8. The maximum atomic E-state index is 7.15. The topological polar surface area (TPSA) is 28.9 Å².